The summed E-state index contributed by atoms with van der Waals surface area (Å²) in [5.41, 5.74) is 0.102. The lowest BCUT2D eigenvalue weighted by atomic mass is 9.88. The molecule has 3 amide bonds. The molecule has 0 atom stereocenters. The van der Waals surface area contributed by atoms with Crippen LogP contribution in [0.25, 0.3) is 0 Å². The Morgan fingerprint density at radius 2 is 1.79 bits per heavy atom. The van der Waals surface area contributed by atoms with Crippen LogP contribution in [0.4, 0.5) is 4.79 Å². The van der Waals surface area contributed by atoms with Crippen molar-refractivity contribution in [1.29, 1.82) is 0 Å². The Labute approximate surface area is 168 Å². The van der Waals surface area contributed by atoms with Gasteiger partial charge in [0.15, 0.2) is 5.76 Å². The van der Waals surface area contributed by atoms with Crippen LogP contribution in [0.1, 0.15) is 29.9 Å². The van der Waals surface area contributed by atoms with Crippen molar-refractivity contribution in [3.63, 3.8) is 0 Å². The van der Waals surface area contributed by atoms with Crippen molar-refractivity contribution in [2.45, 2.75) is 43.7 Å². The fraction of sp³-hybridized carbons (Fsp3) is 0.421. The number of hydrogen-bond acceptors (Lipinski definition) is 6. The van der Waals surface area contributed by atoms with E-state index in [-0.39, 0.29) is 49.0 Å². The number of rotatable bonds is 4. The smallest absolute Gasteiger partial charge is 0.325 e. The zero-order chi connectivity index (χ0) is 20.8. The van der Waals surface area contributed by atoms with Crippen LogP contribution in [0.2, 0.25) is 0 Å². The van der Waals surface area contributed by atoms with Gasteiger partial charge >= 0.3 is 6.03 Å². The van der Waals surface area contributed by atoms with E-state index in [4.69, 9.17) is 4.52 Å². The van der Waals surface area contributed by atoms with E-state index in [1.54, 1.807) is 13.8 Å². The molecule has 1 aromatic heterocycles. The summed E-state index contributed by atoms with van der Waals surface area (Å²) in [7, 11) is -3.78. The zero-order valence-electron chi connectivity index (χ0n) is 16.2. The molecule has 0 unspecified atom stereocenters. The second kappa shape index (κ2) is 6.96. The van der Waals surface area contributed by atoms with E-state index in [0.717, 1.165) is 5.56 Å². The SMILES string of the molecule is Cc1noc(C)c1S(=O)(=O)N1CCC2(CC1)NC(=O)N(Cc1ccccc1)C2=O. The molecule has 0 aliphatic carbocycles. The first-order chi connectivity index (χ1) is 13.7. The molecular formula is C19H22N4O5S. The third-order valence-corrected chi connectivity index (χ3v) is 7.71. The number of carbonyl (C=O) groups is 2. The molecule has 2 aliphatic heterocycles. The Bertz CT molecular complexity index is 1040. The maximum Gasteiger partial charge on any atom is 0.325 e. The van der Waals surface area contributed by atoms with Crippen molar-refractivity contribution < 1.29 is 22.5 Å². The summed E-state index contributed by atoms with van der Waals surface area (Å²) >= 11 is 0. The van der Waals surface area contributed by atoms with Gasteiger partial charge in [-0.05, 0) is 32.3 Å². The van der Waals surface area contributed by atoms with Crippen molar-refractivity contribution >= 4 is 22.0 Å². The number of amides is 3. The summed E-state index contributed by atoms with van der Waals surface area (Å²) in [6.45, 7) is 3.57. The van der Waals surface area contributed by atoms with E-state index in [1.807, 2.05) is 30.3 Å². The number of carbonyl (C=O) groups excluding carboxylic acids is 2. The van der Waals surface area contributed by atoms with Crippen LogP contribution in [0.5, 0.6) is 0 Å². The van der Waals surface area contributed by atoms with Crippen molar-refractivity contribution in [1.82, 2.24) is 19.7 Å². The normalized spacial score (nSPS) is 19.7. The Kier molecular flexibility index (Phi) is 4.70. The van der Waals surface area contributed by atoms with Gasteiger partial charge in [-0.3, -0.25) is 9.69 Å². The van der Waals surface area contributed by atoms with Gasteiger partial charge in [-0.2, -0.15) is 4.31 Å². The molecule has 1 N–H and O–H groups in total. The van der Waals surface area contributed by atoms with Crippen LogP contribution < -0.4 is 5.32 Å². The van der Waals surface area contributed by atoms with Crippen LogP contribution in [0, 0.1) is 13.8 Å². The van der Waals surface area contributed by atoms with Crippen molar-refractivity contribution in [3.8, 4) is 0 Å². The summed E-state index contributed by atoms with van der Waals surface area (Å²) in [5, 5.41) is 6.53. The Balaban J connectivity index is 1.50. The first kappa shape index (κ1) is 19.6. The number of piperidine rings is 1. The van der Waals surface area contributed by atoms with Crippen LogP contribution in [0.3, 0.4) is 0 Å². The fourth-order valence-corrected chi connectivity index (χ4v) is 5.74. The van der Waals surface area contributed by atoms with E-state index in [2.05, 4.69) is 10.5 Å². The molecule has 4 rings (SSSR count). The quantitative estimate of drug-likeness (QED) is 0.754. The van der Waals surface area contributed by atoms with Gasteiger partial charge in [0.2, 0.25) is 10.0 Å². The number of sulfonamides is 1. The summed E-state index contributed by atoms with van der Waals surface area (Å²) in [6.07, 6.45) is 0.428. The summed E-state index contributed by atoms with van der Waals surface area (Å²) in [4.78, 5) is 26.8. The maximum atomic E-state index is 13.0. The number of nitrogens with zero attached hydrogens (tertiary/aromatic N) is 3. The third kappa shape index (κ3) is 3.22. The third-order valence-electron chi connectivity index (χ3n) is 5.57. The van der Waals surface area contributed by atoms with Gasteiger partial charge < -0.3 is 9.84 Å². The molecule has 1 aromatic carbocycles. The van der Waals surface area contributed by atoms with E-state index < -0.39 is 21.6 Å². The molecule has 0 bridgehead atoms. The molecule has 9 nitrogen and oxygen atoms in total. The Morgan fingerprint density at radius 1 is 1.14 bits per heavy atom. The minimum absolute atomic E-state index is 0.0703. The van der Waals surface area contributed by atoms with Gasteiger partial charge in [0, 0.05) is 13.1 Å². The zero-order valence-corrected chi connectivity index (χ0v) is 17.0. The number of aromatic nitrogens is 1. The van der Waals surface area contributed by atoms with E-state index >= 15 is 0 Å². The lowest BCUT2D eigenvalue weighted by molar-refractivity contribution is -0.133. The average molecular weight is 418 g/mol. The number of benzene rings is 1. The minimum atomic E-state index is -3.78. The lowest BCUT2D eigenvalue weighted by Crippen LogP contribution is -2.55. The average Bonchev–Trinajstić information content (AvgIpc) is 3.15. The number of aryl methyl sites for hydroxylation is 2. The molecule has 0 radical (unpaired) electrons. The molecular weight excluding hydrogens is 396 g/mol. The molecule has 10 heteroatoms. The van der Waals surface area contributed by atoms with E-state index in [1.165, 1.54) is 9.21 Å². The highest BCUT2D eigenvalue weighted by Gasteiger charge is 2.53. The summed E-state index contributed by atoms with van der Waals surface area (Å²) in [6, 6.07) is 8.82. The standard InChI is InChI=1S/C19H22N4O5S/c1-13-16(14(2)28-21-13)29(26,27)22-10-8-19(9-11-22)17(24)23(18(25)20-19)12-15-6-4-3-5-7-15/h3-7H,8-12H2,1-2H3,(H,20,25). The van der Waals surface area contributed by atoms with E-state index in [9.17, 15) is 18.0 Å². The molecule has 2 saturated heterocycles. The van der Waals surface area contributed by atoms with Crippen molar-refractivity contribution in [3.05, 3.63) is 47.3 Å². The van der Waals surface area contributed by atoms with E-state index in [0.29, 0.717) is 5.69 Å². The molecule has 0 saturated carbocycles. The Hall–Kier alpha value is -2.72. The predicted molar refractivity (Wildman–Crippen MR) is 102 cm³/mol. The van der Waals surface area contributed by atoms with Crippen LogP contribution >= 0.6 is 0 Å². The topological polar surface area (TPSA) is 113 Å². The fourth-order valence-electron chi connectivity index (χ4n) is 4.00. The second-order valence-electron chi connectivity index (χ2n) is 7.45. The lowest BCUT2D eigenvalue weighted by Gasteiger charge is -2.36. The molecule has 2 aliphatic rings. The number of imide groups is 1. The van der Waals surface area contributed by atoms with Crippen molar-refractivity contribution in [2.24, 2.45) is 0 Å². The number of urea groups is 1. The van der Waals surface area contributed by atoms with Gasteiger partial charge in [0.25, 0.3) is 5.91 Å². The second-order valence-corrected chi connectivity index (χ2v) is 9.32. The molecule has 2 aromatic rings. The summed E-state index contributed by atoms with van der Waals surface area (Å²) < 4.78 is 32.3. The molecule has 3 heterocycles. The van der Waals surface area contributed by atoms with Gasteiger partial charge in [0.1, 0.15) is 16.1 Å². The highest BCUT2D eigenvalue weighted by molar-refractivity contribution is 7.89. The highest BCUT2D eigenvalue weighted by atomic mass is 32.2. The monoisotopic (exact) mass is 418 g/mol. The summed E-state index contributed by atoms with van der Waals surface area (Å²) in [5.74, 6) is -0.0668. The largest absolute Gasteiger partial charge is 0.360 e. The molecule has 29 heavy (non-hydrogen) atoms. The molecule has 154 valence electrons. The first-order valence-electron chi connectivity index (χ1n) is 9.36. The molecule has 2 fully saturated rings. The van der Waals surface area contributed by atoms with Gasteiger partial charge in [-0.15, -0.1) is 0 Å². The maximum absolute atomic E-state index is 13.0. The van der Waals surface area contributed by atoms with Crippen LogP contribution in [0.15, 0.2) is 39.8 Å². The Morgan fingerprint density at radius 3 is 2.38 bits per heavy atom. The highest BCUT2D eigenvalue weighted by Crippen LogP contribution is 2.33. The molecule has 1 spiro atoms. The first-order valence-corrected chi connectivity index (χ1v) is 10.8. The van der Waals surface area contributed by atoms with Gasteiger partial charge in [-0.25, -0.2) is 13.2 Å². The van der Waals surface area contributed by atoms with Gasteiger partial charge in [0.05, 0.1) is 6.54 Å². The van der Waals surface area contributed by atoms with Gasteiger partial charge in [-0.1, -0.05) is 35.5 Å². The number of hydrogen-bond donors (Lipinski definition) is 1. The van der Waals surface area contributed by atoms with Crippen LogP contribution in [-0.2, 0) is 21.4 Å². The van der Waals surface area contributed by atoms with Crippen molar-refractivity contribution in [2.75, 3.05) is 13.1 Å². The number of nitrogens with one attached hydrogen (secondary N) is 1. The van der Waals surface area contributed by atoms with Crippen LogP contribution in [-0.4, -0.2) is 53.3 Å². The minimum Gasteiger partial charge on any atom is -0.360 e. The predicted octanol–water partition coefficient (Wildman–Crippen LogP) is 1.57.